The van der Waals surface area contributed by atoms with Crippen molar-refractivity contribution < 1.29 is 0 Å². The first-order chi connectivity index (χ1) is 18.6. The van der Waals surface area contributed by atoms with Crippen molar-refractivity contribution in [2.45, 2.75) is 26.3 Å². The molecule has 0 amide bonds. The van der Waals surface area contributed by atoms with E-state index >= 15 is 0 Å². The first-order valence-corrected chi connectivity index (χ1v) is 14.0. The summed E-state index contributed by atoms with van der Waals surface area (Å²) in [5, 5.41) is 10.3. The molecule has 1 aliphatic rings. The van der Waals surface area contributed by atoms with Gasteiger partial charge in [-0.05, 0) is 92.0 Å². The van der Waals surface area contributed by atoms with Crippen LogP contribution in [0, 0.1) is 0 Å². The van der Waals surface area contributed by atoms with Gasteiger partial charge in [0.2, 0.25) is 0 Å². The molecule has 0 aliphatic carbocycles. The third kappa shape index (κ3) is 4.16. The molecule has 38 heavy (non-hydrogen) atoms. The molecule has 0 saturated carbocycles. The molecular formula is C32H29N5S. The van der Waals surface area contributed by atoms with Gasteiger partial charge in [0, 0.05) is 56.1 Å². The number of hydrogen-bond donors (Lipinski definition) is 2. The molecule has 4 aromatic heterocycles. The van der Waals surface area contributed by atoms with E-state index in [-0.39, 0.29) is 0 Å². The lowest BCUT2D eigenvalue weighted by Crippen LogP contribution is -2.18. The van der Waals surface area contributed by atoms with Gasteiger partial charge in [-0.3, -0.25) is 15.0 Å². The zero-order valence-electron chi connectivity index (χ0n) is 21.4. The fraction of sp³-hybridized carbons (Fsp3) is 0.188. The molecule has 7 rings (SSSR count). The van der Waals surface area contributed by atoms with Crippen LogP contribution in [-0.2, 0) is 6.54 Å². The molecule has 1 aliphatic heterocycles. The van der Waals surface area contributed by atoms with E-state index in [9.17, 15) is 0 Å². The van der Waals surface area contributed by atoms with E-state index in [2.05, 4.69) is 94.1 Å². The maximum atomic E-state index is 4.72. The smallest absolute Gasteiger partial charge is 0.116 e. The predicted octanol–water partition coefficient (Wildman–Crippen LogP) is 8.13. The SMILES string of the molecule is C=C(C)c1ccc(-c2cccc3[nH]c(-c4n[nH]c5ccc(-c6cncc(CN7CCCC7)c6)cc45)cc23)s1. The largest absolute Gasteiger partial charge is 0.353 e. The Balaban J connectivity index is 1.27. The van der Waals surface area contributed by atoms with Gasteiger partial charge in [0.05, 0.1) is 11.2 Å². The normalized spacial score (nSPS) is 14.1. The highest BCUT2D eigenvalue weighted by Crippen LogP contribution is 2.38. The van der Waals surface area contributed by atoms with Gasteiger partial charge >= 0.3 is 0 Å². The fourth-order valence-corrected chi connectivity index (χ4v) is 6.51. The summed E-state index contributed by atoms with van der Waals surface area (Å²) in [6, 6.07) is 21.8. The van der Waals surface area contributed by atoms with Gasteiger partial charge < -0.3 is 4.98 Å². The Kier molecular flexibility index (Phi) is 5.72. The van der Waals surface area contributed by atoms with E-state index in [1.54, 1.807) is 11.3 Å². The quantitative estimate of drug-likeness (QED) is 0.235. The van der Waals surface area contributed by atoms with Crippen LogP contribution in [-0.4, -0.2) is 38.2 Å². The van der Waals surface area contributed by atoms with Gasteiger partial charge in [0.1, 0.15) is 5.69 Å². The van der Waals surface area contributed by atoms with Crippen LogP contribution in [0.15, 0.2) is 79.6 Å². The summed E-state index contributed by atoms with van der Waals surface area (Å²) >= 11 is 1.78. The van der Waals surface area contributed by atoms with Gasteiger partial charge in [-0.25, -0.2) is 0 Å². The number of H-pyrrole nitrogens is 2. The minimum atomic E-state index is 0.930. The van der Waals surface area contributed by atoms with Crippen LogP contribution >= 0.6 is 11.3 Å². The zero-order valence-corrected chi connectivity index (χ0v) is 22.2. The van der Waals surface area contributed by atoms with Gasteiger partial charge in [-0.2, -0.15) is 5.10 Å². The standard InChI is InChI=1S/C32H29N5S/c1-20(2)30-10-11-31(38-30)24-6-5-7-27-25(24)16-29(34-27)32-26-15-22(8-9-28(26)35-36-32)23-14-21(17-33-18-23)19-37-12-3-4-13-37/h5-11,14-18,34H,1,3-4,12-13,19H2,2H3,(H,35,36). The van der Waals surface area contributed by atoms with Crippen LogP contribution in [0.1, 0.15) is 30.2 Å². The monoisotopic (exact) mass is 515 g/mol. The summed E-state index contributed by atoms with van der Waals surface area (Å²) in [7, 11) is 0. The summed E-state index contributed by atoms with van der Waals surface area (Å²) in [6.07, 6.45) is 6.55. The van der Waals surface area contributed by atoms with E-state index < -0.39 is 0 Å². The lowest BCUT2D eigenvalue weighted by molar-refractivity contribution is 0.331. The van der Waals surface area contributed by atoms with E-state index in [1.165, 1.54) is 52.2 Å². The summed E-state index contributed by atoms with van der Waals surface area (Å²) in [5.41, 5.74) is 9.94. The summed E-state index contributed by atoms with van der Waals surface area (Å²) in [5.74, 6) is 0. The Labute approximate surface area is 225 Å². The Morgan fingerprint density at radius 1 is 0.947 bits per heavy atom. The molecule has 6 heteroatoms. The first-order valence-electron chi connectivity index (χ1n) is 13.2. The number of allylic oxidation sites excluding steroid dienone is 1. The number of fused-ring (bicyclic) bond motifs is 2. The molecule has 2 N–H and O–H groups in total. The Bertz CT molecular complexity index is 1800. The number of benzene rings is 2. The number of nitrogens with zero attached hydrogens (tertiary/aromatic N) is 3. The summed E-state index contributed by atoms with van der Waals surface area (Å²) in [6.45, 7) is 9.49. The zero-order chi connectivity index (χ0) is 25.6. The van der Waals surface area contributed by atoms with Crippen molar-refractivity contribution in [2.75, 3.05) is 13.1 Å². The van der Waals surface area contributed by atoms with Crippen LogP contribution in [0.5, 0.6) is 0 Å². The van der Waals surface area contributed by atoms with E-state index in [0.29, 0.717) is 0 Å². The van der Waals surface area contributed by atoms with Crippen LogP contribution in [0.3, 0.4) is 0 Å². The summed E-state index contributed by atoms with van der Waals surface area (Å²) in [4.78, 5) is 13.2. The highest BCUT2D eigenvalue weighted by molar-refractivity contribution is 7.16. The van der Waals surface area contributed by atoms with Gasteiger partial charge in [-0.1, -0.05) is 24.8 Å². The van der Waals surface area contributed by atoms with Crippen LogP contribution in [0.2, 0.25) is 0 Å². The second kappa shape index (κ2) is 9.39. The van der Waals surface area contributed by atoms with Crippen LogP contribution in [0.25, 0.3) is 60.3 Å². The van der Waals surface area contributed by atoms with Crippen molar-refractivity contribution in [3.8, 4) is 33.0 Å². The third-order valence-corrected chi connectivity index (χ3v) is 8.79. The number of nitrogens with one attached hydrogen (secondary N) is 2. The van der Waals surface area contributed by atoms with E-state index in [4.69, 9.17) is 5.10 Å². The molecule has 188 valence electrons. The van der Waals surface area contributed by atoms with Gasteiger partial charge in [-0.15, -0.1) is 11.3 Å². The van der Waals surface area contributed by atoms with Crippen molar-refractivity contribution >= 4 is 38.7 Å². The minimum absolute atomic E-state index is 0.930. The number of pyridine rings is 1. The molecule has 0 atom stereocenters. The first kappa shape index (κ1) is 23.1. The molecule has 5 nitrogen and oxygen atoms in total. The number of hydrogen-bond acceptors (Lipinski definition) is 4. The molecule has 0 radical (unpaired) electrons. The lowest BCUT2D eigenvalue weighted by atomic mass is 10.0. The minimum Gasteiger partial charge on any atom is -0.353 e. The van der Waals surface area contributed by atoms with Gasteiger partial charge in [0.15, 0.2) is 0 Å². The molecule has 1 saturated heterocycles. The second-order valence-corrected chi connectivity index (χ2v) is 11.4. The Morgan fingerprint density at radius 3 is 2.68 bits per heavy atom. The van der Waals surface area contributed by atoms with E-state index in [0.717, 1.165) is 51.1 Å². The van der Waals surface area contributed by atoms with Gasteiger partial charge in [0.25, 0.3) is 0 Å². The van der Waals surface area contributed by atoms with Crippen LogP contribution in [0.4, 0.5) is 0 Å². The highest BCUT2D eigenvalue weighted by atomic mass is 32.1. The van der Waals surface area contributed by atoms with E-state index in [1.807, 2.05) is 12.4 Å². The van der Waals surface area contributed by atoms with Crippen molar-refractivity contribution in [1.29, 1.82) is 0 Å². The van der Waals surface area contributed by atoms with Crippen molar-refractivity contribution in [3.63, 3.8) is 0 Å². The molecular weight excluding hydrogens is 486 g/mol. The number of rotatable bonds is 6. The number of aromatic amines is 2. The lowest BCUT2D eigenvalue weighted by Gasteiger charge is -2.14. The fourth-order valence-electron chi connectivity index (χ4n) is 5.54. The second-order valence-electron chi connectivity index (χ2n) is 10.3. The summed E-state index contributed by atoms with van der Waals surface area (Å²) < 4.78 is 0. The molecule has 5 heterocycles. The van der Waals surface area contributed by atoms with Crippen molar-refractivity contribution in [3.05, 3.63) is 90.1 Å². The molecule has 1 fully saturated rings. The van der Waals surface area contributed by atoms with Crippen molar-refractivity contribution in [1.82, 2.24) is 25.1 Å². The molecule has 2 aromatic carbocycles. The van der Waals surface area contributed by atoms with Crippen LogP contribution < -0.4 is 0 Å². The average Bonchev–Trinajstić information content (AvgIpc) is 3.74. The maximum absolute atomic E-state index is 4.72. The highest BCUT2D eigenvalue weighted by Gasteiger charge is 2.16. The third-order valence-electron chi connectivity index (χ3n) is 7.51. The average molecular weight is 516 g/mol. The topological polar surface area (TPSA) is 60.6 Å². The number of aromatic nitrogens is 4. The number of thiophene rings is 1. The molecule has 0 spiro atoms. The molecule has 0 unspecified atom stereocenters. The number of likely N-dealkylation sites (tertiary alicyclic amines) is 1. The predicted molar refractivity (Wildman–Crippen MR) is 159 cm³/mol. The Morgan fingerprint density at radius 2 is 1.84 bits per heavy atom. The van der Waals surface area contributed by atoms with Crippen molar-refractivity contribution in [2.24, 2.45) is 0 Å². The Hall–Kier alpha value is -4.00. The molecule has 0 bridgehead atoms. The maximum Gasteiger partial charge on any atom is 0.116 e. The molecule has 6 aromatic rings.